The van der Waals surface area contributed by atoms with Gasteiger partial charge in [0.25, 0.3) is 0 Å². The Kier molecular flexibility index (Phi) is 2.47. The summed E-state index contributed by atoms with van der Waals surface area (Å²) in [6, 6.07) is 0.768. The Balaban J connectivity index is 1.43. The van der Waals surface area contributed by atoms with Crippen LogP contribution in [-0.4, -0.2) is 16.2 Å². The van der Waals surface area contributed by atoms with E-state index in [1.165, 1.54) is 48.5 Å². The van der Waals surface area contributed by atoms with Crippen molar-refractivity contribution in [1.82, 2.24) is 15.5 Å². The number of rotatable bonds is 4. The van der Waals surface area contributed by atoms with Crippen molar-refractivity contribution in [3.63, 3.8) is 0 Å². The highest BCUT2D eigenvalue weighted by Gasteiger charge is 2.41. The Morgan fingerprint density at radius 1 is 1.12 bits per heavy atom. The molecule has 3 unspecified atom stereocenters. The molecule has 0 radical (unpaired) electrons. The summed E-state index contributed by atoms with van der Waals surface area (Å²) in [5, 5.41) is 14.8. The van der Waals surface area contributed by atoms with E-state index in [0.717, 1.165) is 30.3 Å². The van der Waals surface area contributed by atoms with Crippen LogP contribution in [0.1, 0.15) is 54.5 Å². The van der Waals surface area contributed by atoms with Crippen LogP contribution in [0.25, 0.3) is 0 Å². The Labute approximate surface area is 106 Å². The van der Waals surface area contributed by atoms with Gasteiger partial charge in [0.05, 0.1) is 0 Å². The molecule has 1 aromatic heterocycles. The van der Waals surface area contributed by atoms with Crippen LogP contribution >= 0.6 is 11.3 Å². The van der Waals surface area contributed by atoms with Crippen LogP contribution in [0.3, 0.4) is 0 Å². The Morgan fingerprint density at radius 2 is 2.06 bits per heavy atom. The van der Waals surface area contributed by atoms with Crippen molar-refractivity contribution in [1.29, 1.82) is 0 Å². The minimum atomic E-state index is 0.751. The molecule has 0 amide bonds. The maximum Gasteiger partial charge on any atom is 0.131 e. The Bertz CT molecular complexity index is 413. The maximum absolute atomic E-state index is 4.44. The second-order valence-corrected chi connectivity index (χ2v) is 7.06. The molecule has 0 saturated heterocycles. The highest BCUT2D eigenvalue weighted by atomic mass is 32.1. The lowest BCUT2D eigenvalue weighted by Gasteiger charge is -2.18. The molecule has 3 atom stereocenters. The largest absolute Gasteiger partial charge is 0.308 e. The standard InChI is InChI=1S/C13H19N3S/c1-2-9-5-8(1)6-11(9)13-16-15-12(17-13)7-14-10-3-4-10/h8-11,14H,1-7H2. The van der Waals surface area contributed by atoms with Gasteiger partial charge in [0, 0.05) is 18.5 Å². The van der Waals surface area contributed by atoms with Gasteiger partial charge in [-0.1, -0.05) is 17.8 Å². The zero-order valence-corrected chi connectivity index (χ0v) is 10.9. The topological polar surface area (TPSA) is 37.8 Å². The molecule has 2 bridgehead atoms. The van der Waals surface area contributed by atoms with E-state index in [4.69, 9.17) is 0 Å². The fraction of sp³-hybridized carbons (Fsp3) is 0.846. The summed E-state index contributed by atoms with van der Waals surface area (Å²) in [5.41, 5.74) is 0. The molecule has 3 aliphatic rings. The van der Waals surface area contributed by atoms with E-state index in [9.17, 15) is 0 Å². The van der Waals surface area contributed by atoms with E-state index < -0.39 is 0 Å². The van der Waals surface area contributed by atoms with E-state index >= 15 is 0 Å². The third-order valence-corrected chi connectivity index (χ3v) is 5.71. The molecule has 17 heavy (non-hydrogen) atoms. The van der Waals surface area contributed by atoms with Gasteiger partial charge in [-0.25, -0.2) is 0 Å². The first kappa shape index (κ1) is 10.4. The average Bonchev–Trinajstić information content (AvgIpc) is 2.82. The van der Waals surface area contributed by atoms with E-state index in [1.807, 2.05) is 11.3 Å². The highest BCUT2D eigenvalue weighted by molar-refractivity contribution is 7.11. The molecule has 1 N–H and O–H groups in total. The summed E-state index contributed by atoms with van der Waals surface area (Å²) < 4.78 is 0. The molecule has 0 aliphatic heterocycles. The van der Waals surface area contributed by atoms with E-state index in [0.29, 0.717) is 0 Å². The summed E-state index contributed by atoms with van der Waals surface area (Å²) in [5.74, 6) is 2.68. The fourth-order valence-corrected chi connectivity index (χ4v) is 4.55. The minimum Gasteiger partial charge on any atom is -0.308 e. The summed E-state index contributed by atoms with van der Waals surface area (Å²) in [6.45, 7) is 0.934. The average molecular weight is 249 g/mol. The highest BCUT2D eigenvalue weighted by Crippen LogP contribution is 2.53. The van der Waals surface area contributed by atoms with Gasteiger partial charge >= 0.3 is 0 Å². The molecule has 1 heterocycles. The predicted octanol–water partition coefficient (Wildman–Crippen LogP) is 2.69. The van der Waals surface area contributed by atoms with Gasteiger partial charge < -0.3 is 5.32 Å². The van der Waals surface area contributed by atoms with Crippen LogP contribution in [0.4, 0.5) is 0 Å². The summed E-state index contributed by atoms with van der Waals surface area (Å²) >= 11 is 1.85. The lowest BCUT2D eigenvalue weighted by atomic mass is 9.89. The van der Waals surface area contributed by atoms with Crippen LogP contribution in [0.2, 0.25) is 0 Å². The van der Waals surface area contributed by atoms with Crippen LogP contribution in [0.5, 0.6) is 0 Å². The number of fused-ring (bicyclic) bond motifs is 2. The predicted molar refractivity (Wildman–Crippen MR) is 68.0 cm³/mol. The van der Waals surface area contributed by atoms with Crippen molar-refractivity contribution in [2.75, 3.05) is 0 Å². The normalized spacial score (nSPS) is 35.6. The van der Waals surface area contributed by atoms with E-state index in [-0.39, 0.29) is 0 Å². The number of hydrogen-bond donors (Lipinski definition) is 1. The third-order valence-electron chi connectivity index (χ3n) is 4.66. The van der Waals surface area contributed by atoms with Gasteiger partial charge in [-0.15, -0.1) is 10.2 Å². The molecule has 3 aliphatic carbocycles. The lowest BCUT2D eigenvalue weighted by Crippen LogP contribution is -2.14. The maximum atomic E-state index is 4.44. The van der Waals surface area contributed by atoms with Crippen molar-refractivity contribution in [2.45, 2.75) is 57.0 Å². The first-order chi connectivity index (χ1) is 8.38. The van der Waals surface area contributed by atoms with Crippen molar-refractivity contribution < 1.29 is 0 Å². The van der Waals surface area contributed by atoms with E-state index in [2.05, 4.69) is 15.5 Å². The Morgan fingerprint density at radius 3 is 2.76 bits per heavy atom. The first-order valence-corrected chi connectivity index (χ1v) is 7.76. The molecule has 0 aromatic carbocycles. The number of nitrogens with one attached hydrogen (secondary N) is 1. The van der Waals surface area contributed by atoms with Crippen LogP contribution in [0, 0.1) is 11.8 Å². The number of aromatic nitrogens is 2. The fourth-order valence-electron chi connectivity index (χ4n) is 3.55. The van der Waals surface area contributed by atoms with Gasteiger partial charge in [-0.05, 0) is 43.9 Å². The van der Waals surface area contributed by atoms with Gasteiger partial charge in [0.15, 0.2) is 0 Å². The molecule has 4 rings (SSSR count). The first-order valence-electron chi connectivity index (χ1n) is 6.94. The second kappa shape index (κ2) is 4.02. The summed E-state index contributed by atoms with van der Waals surface area (Å²) in [4.78, 5) is 0. The van der Waals surface area contributed by atoms with Gasteiger partial charge in [0.2, 0.25) is 0 Å². The van der Waals surface area contributed by atoms with Gasteiger partial charge in [-0.2, -0.15) is 0 Å². The molecular formula is C13H19N3S. The Hall–Kier alpha value is -0.480. The molecule has 4 heteroatoms. The van der Waals surface area contributed by atoms with Crippen molar-refractivity contribution in [3.8, 4) is 0 Å². The van der Waals surface area contributed by atoms with Gasteiger partial charge in [-0.3, -0.25) is 0 Å². The molecule has 0 spiro atoms. The molecule has 3 saturated carbocycles. The third kappa shape index (κ3) is 2.02. The molecular weight excluding hydrogens is 230 g/mol. The number of hydrogen-bond acceptors (Lipinski definition) is 4. The van der Waals surface area contributed by atoms with E-state index in [1.54, 1.807) is 0 Å². The van der Waals surface area contributed by atoms with Gasteiger partial charge in [0.1, 0.15) is 10.0 Å². The smallest absolute Gasteiger partial charge is 0.131 e. The summed E-state index contributed by atoms with van der Waals surface area (Å²) in [7, 11) is 0. The van der Waals surface area contributed by atoms with Crippen molar-refractivity contribution >= 4 is 11.3 Å². The number of nitrogens with zero attached hydrogens (tertiary/aromatic N) is 2. The monoisotopic (exact) mass is 249 g/mol. The molecule has 1 aromatic rings. The van der Waals surface area contributed by atoms with Crippen molar-refractivity contribution in [3.05, 3.63) is 10.0 Å². The van der Waals surface area contributed by atoms with Crippen LogP contribution < -0.4 is 5.32 Å². The zero-order valence-electron chi connectivity index (χ0n) is 10.1. The second-order valence-electron chi connectivity index (χ2n) is 5.97. The molecule has 92 valence electrons. The SMILES string of the molecule is C(NC1CC1)c1nnc(C2CC3CCC2C3)s1. The van der Waals surface area contributed by atoms with Crippen molar-refractivity contribution in [2.24, 2.45) is 11.8 Å². The van der Waals surface area contributed by atoms with Crippen LogP contribution in [0.15, 0.2) is 0 Å². The lowest BCUT2D eigenvalue weighted by molar-refractivity contribution is 0.417. The van der Waals surface area contributed by atoms with Crippen LogP contribution in [-0.2, 0) is 6.54 Å². The minimum absolute atomic E-state index is 0.751. The zero-order chi connectivity index (χ0) is 11.2. The quantitative estimate of drug-likeness (QED) is 0.891. The summed E-state index contributed by atoms with van der Waals surface area (Å²) in [6.07, 6.45) is 8.44. The molecule has 3 nitrogen and oxygen atoms in total. The molecule has 3 fully saturated rings.